The Hall–Kier alpha value is -3.47. The molecule has 2 aromatic carbocycles. The minimum absolute atomic E-state index is 0.103. The van der Waals surface area contributed by atoms with Crippen molar-refractivity contribution >= 4 is 53.2 Å². The Balaban J connectivity index is 1.73. The molecule has 1 atom stereocenters. The van der Waals surface area contributed by atoms with Crippen molar-refractivity contribution in [3.8, 4) is 0 Å². The van der Waals surface area contributed by atoms with Crippen LogP contribution in [0, 0.1) is 6.92 Å². The summed E-state index contributed by atoms with van der Waals surface area (Å²) in [5.41, 5.74) is 4.90. The Labute approximate surface area is 307 Å². The number of fused-ring (bicyclic) bond motifs is 2. The van der Waals surface area contributed by atoms with Crippen molar-refractivity contribution in [2.75, 3.05) is 29.5 Å². The van der Waals surface area contributed by atoms with E-state index in [2.05, 4.69) is 17.9 Å². The van der Waals surface area contributed by atoms with Crippen molar-refractivity contribution in [2.45, 2.75) is 88.9 Å². The van der Waals surface area contributed by atoms with E-state index in [0.717, 1.165) is 47.5 Å². The lowest BCUT2D eigenvalue weighted by Crippen LogP contribution is -2.30. The molecular weight excluding hydrogens is 729 g/mol. The van der Waals surface area contributed by atoms with Gasteiger partial charge < -0.3 is 9.69 Å². The molecule has 0 bridgehead atoms. The fourth-order valence-corrected chi connectivity index (χ4v) is 8.74. The number of allylic oxidation sites excluding steroid dienone is 6. The van der Waals surface area contributed by atoms with Crippen LogP contribution in [0.4, 0.5) is 11.4 Å². The maximum atomic E-state index is 12.0. The van der Waals surface area contributed by atoms with Gasteiger partial charge in [0.2, 0.25) is 5.69 Å². The third-order valence-corrected chi connectivity index (χ3v) is 12.3. The van der Waals surface area contributed by atoms with Gasteiger partial charge in [0, 0.05) is 53.9 Å². The van der Waals surface area contributed by atoms with Crippen LogP contribution < -0.4 is 4.90 Å². The highest BCUT2D eigenvalue weighted by atomic mass is 32.2. The van der Waals surface area contributed by atoms with Crippen molar-refractivity contribution in [3.05, 3.63) is 89.2 Å². The third kappa shape index (κ3) is 9.94. The van der Waals surface area contributed by atoms with Crippen LogP contribution >= 0.6 is 0 Å². The molecule has 12 nitrogen and oxygen atoms in total. The van der Waals surface area contributed by atoms with E-state index in [-0.39, 0.29) is 35.8 Å². The van der Waals surface area contributed by atoms with Gasteiger partial charge in [-0.15, -0.1) is 0 Å². The van der Waals surface area contributed by atoms with Gasteiger partial charge in [0.15, 0.2) is 5.71 Å². The molecule has 2 aliphatic heterocycles. The number of carbonyl (C=O) groups is 1. The number of carbonyl (C=O) groups excluding carboxylic acids is 1. The van der Waals surface area contributed by atoms with Crippen LogP contribution in [0.15, 0.2) is 77.4 Å². The summed E-state index contributed by atoms with van der Waals surface area (Å²) in [6.07, 6.45) is 12.4. The van der Waals surface area contributed by atoms with Gasteiger partial charge in [-0.25, -0.2) is 0 Å². The summed E-state index contributed by atoms with van der Waals surface area (Å²) in [5.74, 6) is -0.703. The summed E-state index contributed by atoms with van der Waals surface area (Å²) in [5, 5.41) is 0. The first-order chi connectivity index (χ1) is 24.0. The van der Waals surface area contributed by atoms with Crippen LogP contribution in [0.1, 0.15) is 82.9 Å². The predicted octanol–water partition coefficient (Wildman–Crippen LogP) is 6.10. The molecule has 4 rings (SSSR count). The average Bonchev–Trinajstić information content (AvgIpc) is 3.36. The number of nitrogens with zero attached hydrogens (tertiary/aromatic N) is 2. The van der Waals surface area contributed by atoms with E-state index in [1.54, 1.807) is 13.0 Å². The lowest BCUT2D eigenvalue weighted by atomic mass is 9.76. The van der Waals surface area contributed by atoms with Gasteiger partial charge in [-0.2, -0.15) is 29.8 Å². The standard InChI is InChI=1S/C37H48N2O10S3/c1-27-16-18-33-31(25-27)37(5,20-10-9-13-28(2)40)35(39(33)22-12-24-51(44,45)46)15-8-6-7-14-34-36(3,4)30-26-29(52(47,48)49)17-19-32(30)38(34)21-11-23-50(41,42)43/h6-8,14-19,25-26H,9-13,20-24H2,1-5H3,(H2-,41,42,43,44,45,46,47,48,49)/p+1. The Morgan fingerprint density at radius 1 is 0.827 bits per heavy atom. The molecule has 2 aromatic rings. The highest BCUT2D eigenvalue weighted by Crippen LogP contribution is 2.51. The van der Waals surface area contributed by atoms with Crippen molar-refractivity contribution in [1.29, 1.82) is 0 Å². The van der Waals surface area contributed by atoms with Crippen LogP contribution in [0.5, 0.6) is 0 Å². The molecule has 0 aliphatic carbocycles. The average molecular weight is 778 g/mol. The van der Waals surface area contributed by atoms with Gasteiger partial charge in [0.25, 0.3) is 30.4 Å². The van der Waals surface area contributed by atoms with Crippen molar-refractivity contribution in [1.82, 2.24) is 0 Å². The molecule has 1 unspecified atom stereocenters. The molecular formula is C37H49N2O10S3+. The highest BCUT2D eigenvalue weighted by Gasteiger charge is 2.45. The third-order valence-electron chi connectivity index (χ3n) is 9.81. The molecule has 0 saturated carbocycles. The van der Waals surface area contributed by atoms with Gasteiger partial charge in [0.05, 0.1) is 21.8 Å². The fourth-order valence-electron chi connectivity index (χ4n) is 7.25. The van der Waals surface area contributed by atoms with E-state index in [9.17, 15) is 43.7 Å². The summed E-state index contributed by atoms with van der Waals surface area (Å²) < 4.78 is 100. The Bertz CT molecular complexity index is 2170. The molecule has 52 heavy (non-hydrogen) atoms. The van der Waals surface area contributed by atoms with Crippen molar-refractivity contribution < 1.29 is 48.3 Å². The summed E-state index contributed by atoms with van der Waals surface area (Å²) >= 11 is 0. The summed E-state index contributed by atoms with van der Waals surface area (Å²) in [6, 6.07) is 10.4. The SMILES string of the molecule is CC(=O)CCCCC1(C)C(=CC=CC=CC2=[N+](CCCS(=O)(=O)O)c3ccc(S(=O)(=O)O)cc3C2(C)C)N(CCCS(=O)(=O)O)c2ccc(C)cc21. The topological polar surface area (TPSA) is 186 Å². The molecule has 284 valence electrons. The fraction of sp³-hybridized carbons (Fsp3) is 0.459. The highest BCUT2D eigenvalue weighted by molar-refractivity contribution is 7.86. The number of hydrogen-bond acceptors (Lipinski definition) is 8. The van der Waals surface area contributed by atoms with Gasteiger partial charge in [0.1, 0.15) is 12.3 Å². The van der Waals surface area contributed by atoms with Crippen molar-refractivity contribution in [2.24, 2.45) is 0 Å². The van der Waals surface area contributed by atoms with Crippen LogP contribution in [0.2, 0.25) is 0 Å². The van der Waals surface area contributed by atoms with E-state index < -0.39 is 46.9 Å². The molecule has 0 radical (unpaired) electrons. The second kappa shape index (κ2) is 15.9. The quantitative estimate of drug-likeness (QED) is 0.0730. The molecule has 0 spiro atoms. The van der Waals surface area contributed by atoms with Crippen LogP contribution in [0.3, 0.4) is 0 Å². The number of anilines is 1. The second-order valence-electron chi connectivity index (χ2n) is 14.3. The molecule has 2 aliphatic rings. The van der Waals surface area contributed by atoms with Crippen molar-refractivity contribution in [3.63, 3.8) is 0 Å². The van der Waals surface area contributed by atoms with E-state index in [1.807, 2.05) is 67.9 Å². The number of rotatable bonds is 17. The van der Waals surface area contributed by atoms with E-state index in [4.69, 9.17) is 0 Å². The van der Waals surface area contributed by atoms with Crippen LogP contribution in [-0.4, -0.2) is 79.6 Å². The summed E-state index contributed by atoms with van der Waals surface area (Å²) in [4.78, 5) is 13.5. The maximum Gasteiger partial charge on any atom is 0.294 e. The number of unbranched alkanes of at least 4 members (excludes halogenated alkanes) is 1. The first-order valence-electron chi connectivity index (χ1n) is 17.2. The smallest absolute Gasteiger partial charge is 0.294 e. The minimum Gasteiger partial charge on any atom is -0.344 e. The normalized spacial score (nSPS) is 19.7. The van der Waals surface area contributed by atoms with Gasteiger partial charge in [-0.1, -0.05) is 42.3 Å². The zero-order valence-electron chi connectivity index (χ0n) is 30.2. The summed E-state index contributed by atoms with van der Waals surface area (Å²) in [6.45, 7) is 10.1. The second-order valence-corrected chi connectivity index (χ2v) is 18.9. The molecule has 0 saturated heterocycles. The Morgan fingerprint density at radius 2 is 1.50 bits per heavy atom. The molecule has 0 aromatic heterocycles. The zero-order chi connectivity index (χ0) is 38.7. The first kappa shape index (κ1) is 41.3. The van der Waals surface area contributed by atoms with Gasteiger partial charge in [-0.3, -0.25) is 13.7 Å². The zero-order valence-corrected chi connectivity index (χ0v) is 32.7. The molecule has 2 heterocycles. The van der Waals surface area contributed by atoms with Gasteiger partial charge >= 0.3 is 0 Å². The molecule has 15 heteroatoms. The number of ketones is 1. The number of aryl methyl sites for hydroxylation is 1. The number of hydrogen-bond donors (Lipinski definition) is 3. The monoisotopic (exact) mass is 777 g/mol. The van der Waals surface area contributed by atoms with Crippen LogP contribution in [0.25, 0.3) is 0 Å². The first-order valence-corrected chi connectivity index (χ1v) is 21.8. The lowest BCUT2D eigenvalue weighted by molar-refractivity contribution is -0.437. The Morgan fingerprint density at radius 3 is 2.13 bits per heavy atom. The molecule has 0 amide bonds. The maximum absolute atomic E-state index is 12.0. The Kier molecular flexibility index (Phi) is 12.6. The molecule has 3 N–H and O–H groups in total. The van der Waals surface area contributed by atoms with E-state index in [1.165, 1.54) is 12.1 Å². The van der Waals surface area contributed by atoms with Gasteiger partial charge in [-0.05, 0) is 83.7 Å². The van der Waals surface area contributed by atoms with E-state index >= 15 is 0 Å². The summed E-state index contributed by atoms with van der Waals surface area (Å²) in [7, 11) is -12.8. The minimum atomic E-state index is -4.48. The predicted molar refractivity (Wildman–Crippen MR) is 203 cm³/mol. The van der Waals surface area contributed by atoms with E-state index in [0.29, 0.717) is 24.2 Å². The largest absolute Gasteiger partial charge is 0.344 e. The van der Waals surface area contributed by atoms with Crippen LogP contribution in [-0.2, 0) is 46.0 Å². The molecule has 0 fully saturated rings. The number of Topliss-reactive ketones (excluding diaryl/α,β-unsaturated/α-hetero) is 1. The lowest BCUT2D eigenvalue weighted by Gasteiger charge is -2.30. The number of benzene rings is 2.